The third kappa shape index (κ3) is 8.49. The Labute approximate surface area is 278 Å². The topological polar surface area (TPSA) is 110 Å². The number of anilines is 3. The van der Waals surface area contributed by atoms with Crippen molar-refractivity contribution < 1.29 is 23.7 Å². The van der Waals surface area contributed by atoms with E-state index in [-0.39, 0.29) is 33.1 Å². The van der Waals surface area contributed by atoms with E-state index in [1.807, 2.05) is 18.2 Å². The number of amides is 1. The van der Waals surface area contributed by atoms with E-state index in [2.05, 4.69) is 37.4 Å². The summed E-state index contributed by atoms with van der Waals surface area (Å²) in [7, 11) is 5.28. The van der Waals surface area contributed by atoms with Crippen LogP contribution in [0.1, 0.15) is 16.8 Å². The first-order valence-corrected chi connectivity index (χ1v) is 15.5. The molecule has 242 valence electrons. The fraction of sp³-hybridized carbons (Fsp3) is 0.303. The van der Waals surface area contributed by atoms with E-state index in [0.717, 1.165) is 39.1 Å². The largest absolute Gasteiger partial charge is 0.493 e. The first-order valence-electron chi connectivity index (χ1n) is 14.8. The Kier molecular flexibility index (Phi) is 11.4. The van der Waals surface area contributed by atoms with Crippen LogP contribution in [0, 0.1) is 0 Å². The van der Waals surface area contributed by atoms with Crippen LogP contribution in [0.5, 0.6) is 28.9 Å². The van der Waals surface area contributed by atoms with Crippen LogP contribution < -0.4 is 29.6 Å². The molecular formula is C33H36Cl2N6O5. The van der Waals surface area contributed by atoms with Gasteiger partial charge < -0.3 is 39.4 Å². The molecule has 1 amide bonds. The molecule has 4 aromatic rings. The number of likely N-dealkylation sites (N-methyl/N-ethyl adjacent to an activating group) is 1. The van der Waals surface area contributed by atoms with E-state index in [0.29, 0.717) is 35.3 Å². The molecule has 1 aromatic heterocycles. The molecule has 1 aliphatic heterocycles. The number of halogens is 2. The van der Waals surface area contributed by atoms with Gasteiger partial charge in [-0.2, -0.15) is 4.98 Å². The highest BCUT2D eigenvalue weighted by Crippen LogP contribution is 2.41. The number of hydrogen-bond acceptors (Lipinski definition) is 10. The van der Waals surface area contributed by atoms with Crippen molar-refractivity contribution in [2.24, 2.45) is 0 Å². The molecule has 0 radical (unpaired) electrons. The number of aromatic nitrogens is 2. The number of nitrogens with one attached hydrogen (secondary N) is 2. The molecule has 1 fully saturated rings. The van der Waals surface area contributed by atoms with Crippen molar-refractivity contribution in [2.75, 3.05) is 71.2 Å². The maximum Gasteiger partial charge on any atom is 0.262 e. The van der Waals surface area contributed by atoms with Gasteiger partial charge in [-0.15, -0.1) is 0 Å². The maximum absolute atomic E-state index is 13.4. The van der Waals surface area contributed by atoms with Crippen molar-refractivity contribution in [1.82, 2.24) is 19.8 Å². The van der Waals surface area contributed by atoms with Gasteiger partial charge in [-0.1, -0.05) is 47.5 Å². The van der Waals surface area contributed by atoms with Crippen LogP contribution in [0.25, 0.3) is 0 Å². The predicted molar refractivity (Wildman–Crippen MR) is 180 cm³/mol. The van der Waals surface area contributed by atoms with Gasteiger partial charge in [-0.25, -0.2) is 4.98 Å². The smallest absolute Gasteiger partial charge is 0.262 e. The summed E-state index contributed by atoms with van der Waals surface area (Å²) in [6.07, 6.45) is 2.23. The standard InChI is InChI=1S/C33H36Cl2N6O5/c1-40-14-16-41(17-15-40)13-8-18-45-30-27(43-2)19-22(20-28(30)44-3)37-33-36-21-24(32(39-33)46-23-9-5-4-6-10-23)31(42)38-29-25(34)11-7-12-26(29)35/h4-7,9-12,19-21H,8,13-18H2,1-3H3,(H,38,42)(H,36,37,39). The van der Waals surface area contributed by atoms with Gasteiger partial charge in [0.15, 0.2) is 11.5 Å². The quantitative estimate of drug-likeness (QED) is 0.151. The molecule has 0 aliphatic carbocycles. The zero-order valence-electron chi connectivity index (χ0n) is 25.9. The highest BCUT2D eigenvalue weighted by molar-refractivity contribution is 6.40. The molecule has 46 heavy (non-hydrogen) atoms. The Morgan fingerprint density at radius 2 is 1.61 bits per heavy atom. The third-order valence-corrected chi connectivity index (χ3v) is 7.97. The van der Waals surface area contributed by atoms with E-state index >= 15 is 0 Å². The van der Waals surface area contributed by atoms with Crippen molar-refractivity contribution in [3.05, 3.63) is 82.5 Å². The second-order valence-corrected chi connectivity index (χ2v) is 11.4. The second-order valence-electron chi connectivity index (χ2n) is 10.6. The lowest BCUT2D eigenvalue weighted by Crippen LogP contribution is -2.44. The molecule has 1 aliphatic rings. The summed E-state index contributed by atoms with van der Waals surface area (Å²) in [4.78, 5) is 27.0. The molecule has 3 aromatic carbocycles. The molecule has 0 atom stereocenters. The van der Waals surface area contributed by atoms with Crippen molar-refractivity contribution >= 4 is 46.4 Å². The lowest BCUT2D eigenvalue weighted by atomic mass is 10.2. The van der Waals surface area contributed by atoms with Gasteiger partial charge in [0.2, 0.25) is 17.6 Å². The maximum atomic E-state index is 13.4. The predicted octanol–water partition coefficient (Wildman–Crippen LogP) is 6.61. The summed E-state index contributed by atoms with van der Waals surface area (Å²) in [6, 6.07) is 17.5. The Morgan fingerprint density at radius 1 is 0.935 bits per heavy atom. The minimum Gasteiger partial charge on any atom is -0.493 e. The highest BCUT2D eigenvalue weighted by Gasteiger charge is 2.21. The second kappa shape index (κ2) is 15.8. The van der Waals surface area contributed by atoms with E-state index in [9.17, 15) is 4.79 Å². The Bertz CT molecular complexity index is 1590. The molecule has 0 unspecified atom stereocenters. The monoisotopic (exact) mass is 666 g/mol. The van der Waals surface area contributed by atoms with Crippen LogP contribution in [-0.4, -0.2) is 86.3 Å². The minimum atomic E-state index is -0.551. The summed E-state index contributed by atoms with van der Waals surface area (Å²) in [5.41, 5.74) is 0.912. The zero-order chi connectivity index (χ0) is 32.5. The van der Waals surface area contributed by atoms with Gasteiger partial charge in [-0.3, -0.25) is 4.79 Å². The van der Waals surface area contributed by atoms with Gasteiger partial charge in [0, 0.05) is 56.7 Å². The average molecular weight is 668 g/mol. The number of piperazine rings is 1. The number of rotatable bonds is 13. The van der Waals surface area contributed by atoms with Crippen molar-refractivity contribution in [2.45, 2.75) is 6.42 Å². The van der Waals surface area contributed by atoms with Gasteiger partial charge in [0.25, 0.3) is 5.91 Å². The Morgan fingerprint density at radius 3 is 2.26 bits per heavy atom. The lowest BCUT2D eigenvalue weighted by molar-refractivity contribution is 0.102. The molecule has 0 bridgehead atoms. The molecule has 11 nitrogen and oxygen atoms in total. The normalized spacial score (nSPS) is 13.6. The lowest BCUT2D eigenvalue weighted by Gasteiger charge is -2.32. The first kappa shape index (κ1) is 33.1. The molecular weight excluding hydrogens is 631 g/mol. The highest BCUT2D eigenvalue weighted by atomic mass is 35.5. The summed E-state index contributed by atoms with van der Waals surface area (Å²) >= 11 is 12.5. The fourth-order valence-corrected chi connectivity index (χ4v) is 5.31. The van der Waals surface area contributed by atoms with E-state index < -0.39 is 5.91 Å². The number of carbonyl (C=O) groups excluding carboxylic acids is 1. The number of benzene rings is 3. The van der Waals surface area contributed by atoms with Gasteiger partial charge >= 0.3 is 0 Å². The molecule has 1 saturated heterocycles. The van der Waals surface area contributed by atoms with E-state index in [4.69, 9.17) is 42.1 Å². The number of carbonyl (C=O) groups is 1. The third-order valence-electron chi connectivity index (χ3n) is 7.34. The van der Waals surface area contributed by atoms with Gasteiger partial charge in [-0.05, 0) is 37.7 Å². The molecule has 0 spiro atoms. The summed E-state index contributed by atoms with van der Waals surface area (Å²) < 4.78 is 23.5. The Hall–Kier alpha value is -4.29. The van der Waals surface area contributed by atoms with Crippen LogP contribution in [-0.2, 0) is 0 Å². The molecule has 2 N–H and O–H groups in total. The number of ether oxygens (including phenoxy) is 4. The average Bonchev–Trinajstić information content (AvgIpc) is 3.06. The van der Waals surface area contributed by atoms with E-state index in [1.54, 1.807) is 56.7 Å². The minimum absolute atomic E-state index is 0.0172. The molecule has 13 heteroatoms. The van der Waals surface area contributed by atoms with Crippen LogP contribution in [0.3, 0.4) is 0 Å². The van der Waals surface area contributed by atoms with Gasteiger partial charge in [0.1, 0.15) is 11.3 Å². The van der Waals surface area contributed by atoms with E-state index in [1.165, 1.54) is 6.20 Å². The van der Waals surface area contributed by atoms with Crippen LogP contribution >= 0.6 is 23.2 Å². The van der Waals surface area contributed by atoms with Crippen molar-refractivity contribution in [3.63, 3.8) is 0 Å². The number of para-hydroxylation sites is 2. The summed E-state index contributed by atoms with van der Waals surface area (Å²) in [5, 5.41) is 6.46. The number of methoxy groups -OCH3 is 2. The molecule has 0 saturated carbocycles. The zero-order valence-corrected chi connectivity index (χ0v) is 27.4. The fourth-order valence-electron chi connectivity index (χ4n) is 4.82. The number of nitrogens with zero attached hydrogens (tertiary/aromatic N) is 4. The van der Waals surface area contributed by atoms with Crippen LogP contribution in [0.2, 0.25) is 10.0 Å². The Balaban J connectivity index is 1.34. The van der Waals surface area contributed by atoms with Crippen molar-refractivity contribution in [1.29, 1.82) is 0 Å². The number of hydrogen-bond donors (Lipinski definition) is 2. The van der Waals surface area contributed by atoms with Crippen molar-refractivity contribution in [3.8, 4) is 28.9 Å². The van der Waals surface area contributed by atoms with Crippen LogP contribution in [0.4, 0.5) is 17.3 Å². The first-order chi connectivity index (χ1) is 22.3. The summed E-state index contributed by atoms with van der Waals surface area (Å²) in [6.45, 7) is 5.75. The molecule has 2 heterocycles. The summed E-state index contributed by atoms with van der Waals surface area (Å²) in [5.74, 6) is 1.59. The molecule has 5 rings (SSSR count). The SMILES string of the molecule is COc1cc(Nc2ncc(C(=O)Nc3c(Cl)cccc3Cl)c(Oc3ccccc3)n2)cc(OC)c1OCCCN1CCN(C)CC1. The van der Waals surface area contributed by atoms with Gasteiger partial charge in [0.05, 0.1) is 36.6 Å². The van der Waals surface area contributed by atoms with Crippen LogP contribution in [0.15, 0.2) is 66.9 Å².